The van der Waals surface area contributed by atoms with Gasteiger partial charge in [0.05, 0.1) is 17.1 Å². The van der Waals surface area contributed by atoms with Gasteiger partial charge in [-0.2, -0.15) is 4.68 Å². The fourth-order valence-electron chi connectivity index (χ4n) is 2.70. The number of hydrogen-bond donors (Lipinski definition) is 1. The van der Waals surface area contributed by atoms with Crippen molar-refractivity contribution in [1.29, 1.82) is 0 Å². The zero-order chi connectivity index (χ0) is 20.9. The molecule has 1 N–H and O–H groups in total. The van der Waals surface area contributed by atoms with Gasteiger partial charge in [0.2, 0.25) is 11.1 Å². The summed E-state index contributed by atoms with van der Waals surface area (Å²) < 4.78 is 14.8. The Balaban J connectivity index is 1.37. The summed E-state index contributed by atoms with van der Waals surface area (Å²) in [6.07, 6.45) is 0.985. The number of benzene rings is 2. The Kier molecular flexibility index (Phi) is 6.15. The number of tetrazole rings is 1. The predicted octanol–water partition coefficient (Wildman–Crippen LogP) is 4.22. The molecule has 30 heavy (non-hydrogen) atoms. The number of nitrogens with one attached hydrogen (secondary N) is 1. The maximum absolute atomic E-state index is 13.5. The lowest BCUT2D eigenvalue weighted by Crippen LogP contribution is -2.14. The molecular weight excluding hydrogens is 423 g/mol. The first-order valence-corrected chi connectivity index (χ1v) is 11.0. The normalized spacial score (nSPS) is 10.9. The number of hydrogen-bond acceptors (Lipinski definition) is 7. The van der Waals surface area contributed by atoms with E-state index in [0.29, 0.717) is 16.0 Å². The fourth-order valence-corrected chi connectivity index (χ4v) is 4.13. The van der Waals surface area contributed by atoms with Crippen molar-refractivity contribution in [3.63, 3.8) is 0 Å². The minimum absolute atomic E-state index is 0.0931. The Morgan fingerprint density at radius 2 is 2.07 bits per heavy atom. The Bertz CT molecular complexity index is 1160. The number of anilines is 1. The molecule has 0 fully saturated rings. The quantitative estimate of drug-likeness (QED) is 0.433. The van der Waals surface area contributed by atoms with Crippen LogP contribution in [0.3, 0.4) is 0 Å². The SMILES string of the molecule is CCc1ccc(-c2csc(NC(=O)CSc3nnnn3-c3cccc(F)c3)n2)cc1. The van der Waals surface area contributed by atoms with Crippen molar-refractivity contribution in [2.45, 2.75) is 18.5 Å². The number of halogens is 1. The minimum atomic E-state index is -0.388. The standard InChI is InChI=1S/C20H17FN6OS2/c1-2-13-6-8-14(9-7-13)17-11-29-19(22-17)23-18(28)12-30-20-24-25-26-27(20)16-5-3-4-15(21)10-16/h3-11H,2,12H2,1H3,(H,22,23,28). The summed E-state index contributed by atoms with van der Waals surface area (Å²) in [5.41, 5.74) is 3.58. The van der Waals surface area contributed by atoms with Gasteiger partial charge in [-0.25, -0.2) is 9.37 Å². The van der Waals surface area contributed by atoms with Crippen LogP contribution in [0.1, 0.15) is 12.5 Å². The van der Waals surface area contributed by atoms with Gasteiger partial charge in [-0.3, -0.25) is 4.79 Å². The molecule has 2 aromatic carbocycles. The number of aromatic nitrogens is 5. The third kappa shape index (κ3) is 4.71. The zero-order valence-corrected chi connectivity index (χ0v) is 17.6. The van der Waals surface area contributed by atoms with Gasteiger partial charge in [-0.1, -0.05) is 49.0 Å². The summed E-state index contributed by atoms with van der Waals surface area (Å²) in [6.45, 7) is 2.11. The summed E-state index contributed by atoms with van der Waals surface area (Å²) in [5, 5.41) is 17.0. The van der Waals surface area contributed by atoms with E-state index in [1.54, 1.807) is 12.1 Å². The molecule has 152 valence electrons. The molecule has 1 amide bonds. The third-order valence-corrected chi connectivity index (χ3v) is 5.91. The maximum atomic E-state index is 13.5. The first kappa shape index (κ1) is 20.2. The summed E-state index contributed by atoms with van der Waals surface area (Å²) >= 11 is 2.53. The van der Waals surface area contributed by atoms with E-state index in [1.165, 1.54) is 33.7 Å². The number of aryl methyl sites for hydroxylation is 1. The Morgan fingerprint density at radius 1 is 1.23 bits per heavy atom. The van der Waals surface area contributed by atoms with Gasteiger partial charge in [0.15, 0.2) is 5.13 Å². The van der Waals surface area contributed by atoms with Crippen LogP contribution in [0.5, 0.6) is 0 Å². The van der Waals surface area contributed by atoms with Crippen LogP contribution in [-0.4, -0.2) is 36.9 Å². The van der Waals surface area contributed by atoms with Gasteiger partial charge in [0.1, 0.15) is 5.82 Å². The average Bonchev–Trinajstić information content (AvgIpc) is 3.42. The predicted molar refractivity (Wildman–Crippen MR) is 115 cm³/mol. The topological polar surface area (TPSA) is 85.6 Å². The Hall–Kier alpha value is -3.11. The maximum Gasteiger partial charge on any atom is 0.236 e. The highest BCUT2D eigenvalue weighted by molar-refractivity contribution is 7.99. The number of carbonyl (C=O) groups excluding carboxylic acids is 1. The van der Waals surface area contributed by atoms with Crippen molar-refractivity contribution in [2.24, 2.45) is 0 Å². The molecule has 0 radical (unpaired) electrons. The second-order valence-electron chi connectivity index (χ2n) is 6.28. The van der Waals surface area contributed by atoms with Gasteiger partial charge in [0, 0.05) is 10.9 Å². The van der Waals surface area contributed by atoms with Gasteiger partial charge in [0.25, 0.3) is 0 Å². The van der Waals surface area contributed by atoms with Crippen LogP contribution in [-0.2, 0) is 11.2 Å². The van der Waals surface area contributed by atoms with E-state index in [0.717, 1.165) is 29.4 Å². The molecule has 0 atom stereocenters. The summed E-state index contributed by atoms with van der Waals surface area (Å²) in [5.74, 6) is -0.521. The largest absolute Gasteiger partial charge is 0.301 e. The lowest BCUT2D eigenvalue weighted by molar-refractivity contribution is -0.113. The second-order valence-corrected chi connectivity index (χ2v) is 8.08. The molecule has 2 aromatic heterocycles. The molecule has 0 unspecified atom stereocenters. The first-order valence-electron chi connectivity index (χ1n) is 9.14. The molecule has 10 heteroatoms. The number of carbonyl (C=O) groups is 1. The van der Waals surface area contributed by atoms with Crippen molar-refractivity contribution < 1.29 is 9.18 Å². The Labute approximate surface area is 180 Å². The van der Waals surface area contributed by atoms with Crippen molar-refractivity contribution in [1.82, 2.24) is 25.2 Å². The third-order valence-electron chi connectivity index (χ3n) is 4.23. The van der Waals surface area contributed by atoms with Gasteiger partial charge < -0.3 is 5.32 Å². The molecule has 0 bridgehead atoms. The molecule has 7 nitrogen and oxygen atoms in total. The first-order chi connectivity index (χ1) is 14.6. The molecule has 0 aliphatic rings. The van der Waals surface area contributed by atoms with E-state index in [1.807, 2.05) is 17.5 Å². The molecule has 2 heterocycles. The average molecular weight is 441 g/mol. The van der Waals surface area contributed by atoms with Crippen LogP contribution in [0, 0.1) is 5.82 Å². The number of nitrogens with zero attached hydrogens (tertiary/aromatic N) is 5. The van der Waals surface area contributed by atoms with Crippen LogP contribution in [0.2, 0.25) is 0 Å². The van der Waals surface area contributed by atoms with Crippen LogP contribution >= 0.6 is 23.1 Å². The van der Waals surface area contributed by atoms with Crippen molar-refractivity contribution in [3.8, 4) is 16.9 Å². The number of thioether (sulfide) groups is 1. The van der Waals surface area contributed by atoms with E-state index in [2.05, 4.69) is 44.9 Å². The fraction of sp³-hybridized carbons (Fsp3) is 0.150. The van der Waals surface area contributed by atoms with E-state index < -0.39 is 0 Å². The summed E-state index contributed by atoms with van der Waals surface area (Å²) in [4.78, 5) is 16.8. The lowest BCUT2D eigenvalue weighted by atomic mass is 10.1. The molecule has 0 aliphatic heterocycles. The molecule has 0 spiro atoms. The lowest BCUT2D eigenvalue weighted by Gasteiger charge is -2.04. The van der Waals surface area contributed by atoms with Crippen LogP contribution in [0.4, 0.5) is 9.52 Å². The van der Waals surface area contributed by atoms with Crippen molar-refractivity contribution in [3.05, 3.63) is 65.3 Å². The highest BCUT2D eigenvalue weighted by Crippen LogP contribution is 2.26. The minimum Gasteiger partial charge on any atom is -0.301 e. The Morgan fingerprint density at radius 3 is 2.83 bits per heavy atom. The van der Waals surface area contributed by atoms with Crippen LogP contribution in [0.25, 0.3) is 16.9 Å². The zero-order valence-electron chi connectivity index (χ0n) is 15.9. The summed E-state index contributed by atoms with van der Waals surface area (Å²) in [7, 11) is 0. The molecular formula is C20H17FN6OS2. The molecule has 0 saturated carbocycles. The molecule has 0 saturated heterocycles. The number of thiazole rings is 1. The van der Waals surface area contributed by atoms with Gasteiger partial charge in [-0.05, 0) is 40.6 Å². The van der Waals surface area contributed by atoms with E-state index in [-0.39, 0.29) is 17.5 Å². The highest BCUT2D eigenvalue weighted by Gasteiger charge is 2.13. The second kappa shape index (κ2) is 9.14. The molecule has 4 rings (SSSR count). The monoisotopic (exact) mass is 440 g/mol. The van der Waals surface area contributed by atoms with Crippen LogP contribution in [0.15, 0.2) is 59.1 Å². The van der Waals surface area contributed by atoms with Gasteiger partial charge >= 0.3 is 0 Å². The summed E-state index contributed by atoms with van der Waals surface area (Å²) in [6, 6.07) is 14.1. The van der Waals surface area contributed by atoms with Crippen molar-refractivity contribution in [2.75, 3.05) is 11.1 Å². The van der Waals surface area contributed by atoms with E-state index >= 15 is 0 Å². The van der Waals surface area contributed by atoms with E-state index in [9.17, 15) is 9.18 Å². The molecule has 0 aliphatic carbocycles. The number of amides is 1. The highest BCUT2D eigenvalue weighted by atomic mass is 32.2. The van der Waals surface area contributed by atoms with E-state index in [4.69, 9.17) is 0 Å². The molecule has 4 aromatic rings. The van der Waals surface area contributed by atoms with Crippen molar-refractivity contribution >= 4 is 34.1 Å². The van der Waals surface area contributed by atoms with Crippen LogP contribution < -0.4 is 5.32 Å². The number of rotatable bonds is 7. The van der Waals surface area contributed by atoms with Gasteiger partial charge in [-0.15, -0.1) is 16.4 Å². The smallest absolute Gasteiger partial charge is 0.236 e.